The number of methoxy groups -OCH3 is 1. The van der Waals surface area contributed by atoms with E-state index >= 15 is 0 Å². The van der Waals surface area contributed by atoms with Crippen molar-refractivity contribution in [2.24, 2.45) is 0 Å². The molecule has 0 fully saturated rings. The van der Waals surface area contributed by atoms with Gasteiger partial charge in [-0.2, -0.15) is 9.97 Å². The molecule has 4 N–H and O–H groups in total. The predicted octanol–water partition coefficient (Wildman–Crippen LogP) is 3.83. The zero-order valence-electron chi connectivity index (χ0n) is 19.6. The van der Waals surface area contributed by atoms with Gasteiger partial charge < -0.3 is 30.7 Å². The molecule has 3 rings (SSSR count). The molecule has 0 aliphatic carbocycles. The molecule has 1 heterocycles. The van der Waals surface area contributed by atoms with E-state index in [9.17, 15) is 10.1 Å². The number of nitrogens with zero attached hydrogens (tertiary/aromatic N) is 4. The number of likely N-dealkylation sites (N-methyl/N-ethyl adjacent to an activating group) is 1. The third kappa shape index (κ3) is 5.81. The standard InChI is InChI=1S/C23H29N7O4/c1-5-34-16-12-10-15(11-13-16)26-22-20(30(31)32)21(24)27-23(28-22)25-14-18(29(2)3)17-8-6-7-9-19(17)33-4/h6-13,18H,5,14H2,1-4H3,(H4,24,25,26,27,28)/t18-/m0/s1. The van der Waals surface area contributed by atoms with Crippen molar-refractivity contribution in [3.63, 3.8) is 0 Å². The van der Waals surface area contributed by atoms with E-state index in [0.29, 0.717) is 24.6 Å². The van der Waals surface area contributed by atoms with Gasteiger partial charge in [0.15, 0.2) is 0 Å². The second-order valence-electron chi connectivity index (χ2n) is 7.57. The van der Waals surface area contributed by atoms with Crippen molar-refractivity contribution in [1.82, 2.24) is 14.9 Å². The number of ether oxygens (including phenoxy) is 2. The summed E-state index contributed by atoms with van der Waals surface area (Å²) < 4.78 is 10.9. The van der Waals surface area contributed by atoms with E-state index in [2.05, 4.69) is 20.6 Å². The minimum atomic E-state index is -0.604. The fraction of sp³-hybridized carbons (Fsp3) is 0.304. The lowest BCUT2D eigenvalue weighted by atomic mass is 10.0. The number of hydrogen-bond acceptors (Lipinski definition) is 10. The van der Waals surface area contributed by atoms with Gasteiger partial charge >= 0.3 is 5.69 Å². The SMILES string of the molecule is CCOc1ccc(Nc2nc(NC[C@@H](c3ccccc3OC)N(C)C)nc(N)c2[N+](=O)[O-])cc1. The molecule has 1 aromatic heterocycles. The molecule has 11 nitrogen and oxygen atoms in total. The van der Waals surface area contributed by atoms with Crippen LogP contribution in [0.5, 0.6) is 11.5 Å². The summed E-state index contributed by atoms with van der Waals surface area (Å²) in [6, 6.07) is 14.6. The van der Waals surface area contributed by atoms with Crippen LogP contribution in [0, 0.1) is 10.1 Å². The quantitative estimate of drug-likeness (QED) is 0.281. The monoisotopic (exact) mass is 467 g/mol. The first kappa shape index (κ1) is 24.5. The molecule has 11 heteroatoms. The molecule has 0 unspecified atom stereocenters. The van der Waals surface area contributed by atoms with Crippen LogP contribution in [0.4, 0.5) is 29.0 Å². The Kier molecular flexibility index (Phi) is 8.04. The molecule has 0 saturated heterocycles. The molecule has 180 valence electrons. The van der Waals surface area contributed by atoms with Crippen molar-refractivity contribution in [3.05, 3.63) is 64.2 Å². The summed E-state index contributed by atoms with van der Waals surface area (Å²) in [4.78, 5) is 21.5. The summed E-state index contributed by atoms with van der Waals surface area (Å²) in [6.07, 6.45) is 0. The summed E-state index contributed by atoms with van der Waals surface area (Å²) in [5, 5.41) is 17.8. The summed E-state index contributed by atoms with van der Waals surface area (Å²) in [5.74, 6) is 1.36. The summed E-state index contributed by atoms with van der Waals surface area (Å²) in [5.41, 5.74) is 7.12. The number of benzene rings is 2. The van der Waals surface area contributed by atoms with Crippen molar-refractivity contribution in [2.75, 3.05) is 50.7 Å². The topological polar surface area (TPSA) is 141 Å². The Hall–Kier alpha value is -4.12. The van der Waals surface area contributed by atoms with Crippen molar-refractivity contribution >= 4 is 29.0 Å². The first-order valence-electron chi connectivity index (χ1n) is 10.7. The van der Waals surface area contributed by atoms with Crippen LogP contribution in [-0.2, 0) is 0 Å². The largest absolute Gasteiger partial charge is 0.496 e. The molecule has 2 aromatic carbocycles. The number of rotatable bonds is 11. The lowest BCUT2D eigenvalue weighted by Gasteiger charge is -2.26. The molecule has 0 bridgehead atoms. The number of nitrogen functional groups attached to an aromatic ring is 1. The Morgan fingerprint density at radius 2 is 1.85 bits per heavy atom. The third-order valence-corrected chi connectivity index (χ3v) is 5.10. The van der Waals surface area contributed by atoms with E-state index in [1.807, 2.05) is 50.2 Å². The van der Waals surface area contributed by atoms with Gasteiger partial charge in [0.05, 0.1) is 24.7 Å². The van der Waals surface area contributed by atoms with E-state index in [1.165, 1.54) is 0 Å². The third-order valence-electron chi connectivity index (χ3n) is 5.10. The number of nitrogens with one attached hydrogen (secondary N) is 2. The van der Waals surface area contributed by atoms with Gasteiger partial charge in [-0.15, -0.1) is 0 Å². The van der Waals surface area contributed by atoms with E-state index in [4.69, 9.17) is 15.2 Å². The fourth-order valence-electron chi connectivity index (χ4n) is 3.46. The number of para-hydroxylation sites is 1. The summed E-state index contributed by atoms with van der Waals surface area (Å²) in [7, 11) is 5.52. The maximum atomic E-state index is 11.6. The average molecular weight is 468 g/mol. The van der Waals surface area contributed by atoms with E-state index < -0.39 is 10.6 Å². The van der Waals surface area contributed by atoms with Crippen molar-refractivity contribution in [1.29, 1.82) is 0 Å². The van der Waals surface area contributed by atoms with Crippen LogP contribution in [0.1, 0.15) is 18.5 Å². The minimum Gasteiger partial charge on any atom is -0.496 e. The predicted molar refractivity (Wildman–Crippen MR) is 132 cm³/mol. The van der Waals surface area contributed by atoms with Gasteiger partial charge in [0.1, 0.15) is 11.5 Å². The highest BCUT2D eigenvalue weighted by atomic mass is 16.6. The first-order chi connectivity index (χ1) is 16.3. The molecule has 0 radical (unpaired) electrons. The van der Waals surface area contributed by atoms with Gasteiger partial charge in [0.2, 0.25) is 17.6 Å². The number of aromatic nitrogens is 2. The van der Waals surface area contributed by atoms with Crippen molar-refractivity contribution in [3.8, 4) is 11.5 Å². The Bertz CT molecular complexity index is 1120. The smallest absolute Gasteiger partial charge is 0.353 e. The van der Waals surface area contributed by atoms with Gasteiger partial charge in [-0.3, -0.25) is 10.1 Å². The Morgan fingerprint density at radius 1 is 1.15 bits per heavy atom. The van der Waals surface area contributed by atoms with Crippen molar-refractivity contribution in [2.45, 2.75) is 13.0 Å². The highest BCUT2D eigenvalue weighted by Gasteiger charge is 2.24. The van der Waals surface area contributed by atoms with Crippen LogP contribution in [0.15, 0.2) is 48.5 Å². The molecular weight excluding hydrogens is 438 g/mol. The van der Waals surface area contributed by atoms with Crippen molar-refractivity contribution < 1.29 is 14.4 Å². The first-order valence-corrected chi connectivity index (χ1v) is 10.7. The van der Waals surface area contributed by atoms with E-state index in [-0.39, 0.29) is 23.6 Å². The Morgan fingerprint density at radius 3 is 2.47 bits per heavy atom. The molecule has 0 aliphatic heterocycles. The lowest BCUT2D eigenvalue weighted by molar-refractivity contribution is -0.383. The second-order valence-corrected chi connectivity index (χ2v) is 7.57. The van der Waals surface area contributed by atoms with Gasteiger partial charge in [-0.1, -0.05) is 18.2 Å². The number of nitro groups is 1. The Balaban J connectivity index is 1.87. The second kappa shape index (κ2) is 11.1. The van der Waals surface area contributed by atoms with Crippen LogP contribution in [-0.4, -0.2) is 54.1 Å². The molecule has 0 amide bonds. The van der Waals surface area contributed by atoms with Gasteiger partial charge in [-0.25, -0.2) is 0 Å². The van der Waals surface area contributed by atoms with E-state index in [0.717, 1.165) is 11.3 Å². The maximum absolute atomic E-state index is 11.6. The number of anilines is 4. The molecule has 0 spiro atoms. The van der Waals surface area contributed by atoms with Crippen LogP contribution < -0.4 is 25.8 Å². The fourth-order valence-corrected chi connectivity index (χ4v) is 3.46. The van der Waals surface area contributed by atoms with Gasteiger partial charge in [0, 0.05) is 17.8 Å². The van der Waals surface area contributed by atoms with E-state index in [1.54, 1.807) is 31.4 Å². The molecule has 0 saturated carbocycles. The van der Waals surface area contributed by atoms with Crippen LogP contribution >= 0.6 is 0 Å². The van der Waals surface area contributed by atoms with Crippen LogP contribution in [0.25, 0.3) is 0 Å². The van der Waals surface area contributed by atoms with Crippen LogP contribution in [0.2, 0.25) is 0 Å². The van der Waals surface area contributed by atoms with Crippen LogP contribution in [0.3, 0.4) is 0 Å². The maximum Gasteiger partial charge on any atom is 0.353 e. The lowest BCUT2D eigenvalue weighted by Crippen LogP contribution is -2.28. The molecular formula is C23H29N7O4. The number of nitrogens with two attached hydrogens (primary N) is 1. The number of hydrogen-bond donors (Lipinski definition) is 3. The van der Waals surface area contributed by atoms with Gasteiger partial charge in [-0.05, 0) is 51.4 Å². The summed E-state index contributed by atoms with van der Waals surface area (Å²) in [6.45, 7) is 2.84. The molecule has 3 aromatic rings. The normalized spacial score (nSPS) is 11.7. The minimum absolute atomic E-state index is 0.0112. The average Bonchev–Trinajstić information content (AvgIpc) is 2.80. The zero-order chi connectivity index (χ0) is 24.7. The zero-order valence-corrected chi connectivity index (χ0v) is 19.6. The summed E-state index contributed by atoms with van der Waals surface area (Å²) >= 11 is 0. The highest BCUT2D eigenvalue weighted by Crippen LogP contribution is 2.33. The molecule has 34 heavy (non-hydrogen) atoms. The molecule has 0 aliphatic rings. The highest BCUT2D eigenvalue weighted by molar-refractivity contribution is 5.74. The Labute approximate surface area is 198 Å². The van der Waals surface area contributed by atoms with Gasteiger partial charge in [0.25, 0.3) is 0 Å². The molecule has 1 atom stereocenters.